The van der Waals surface area contributed by atoms with Crippen molar-refractivity contribution < 1.29 is 13.9 Å². The van der Waals surface area contributed by atoms with Gasteiger partial charge in [-0.25, -0.2) is 4.39 Å². The van der Waals surface area contributed by atoms with Crippen LogP contribution in [-0.2, 0) is 4.79 Å². The molecule has 20 heavy (non-hydrogen) atoms. The van der Waals surface area contributed by atoms with E-state index >= 15 is 0 Å². The molecule has 110 valence electrons. The lowest BCUT2D eigenvalue weighted by molar-refractivity contribution is -0.117. The number of carbonyl (C=O) groups is 1. The van der Waals surface area contributed by atoms with Gasteiger partial charge >= 0.3 is 0 Å². The Hall–Kier alpha value is -1.62. The normalized spacial score (nSPS) is 22.4. The van der Waals surface area contributed by atoms with Gasteiger partial charge in [0.1, 0.15) is 0 Å². The molecule has 1 fully saturated rings. The predicted octanol–water partition coefficient (Wildman–Crippen LogP) is 2.55. The standard InChI is InChI=1S/C15H21FN2O2/c1-10-4-3-7-17-13(10)9-15(19)18-11-5-6-12(16)14(8-11)20-2/h5-6,8,10,13,17H,3-4,7,9H2,1-2H3,(H,18,19). The second-order valence-electron chi connectivity index (χ2n) is 5.28. The topological polar surface area (TPSA) is 50.4 Å². The Balaban J connectivity index is 1.94. The molecule has 1 aromatic carbocycles. The van der Waals surface area contributed by atoms with Crippen LogP contribution in [0.3, 0.4) is 0 Å². The van der Waals surface area contributed by atoms with Crippen LogP contribution >= 0.6 is 0 Å². The molecule has 0 spiro atoms. The van der Waals surface area contributed by atoms with Crippen LogP contribution in [0.15, 0.2) is 18.2 Å². The van der Waals surface area contributed by atoms with E-state index in [1.54, 1.807) is 0 Å². The summed E-state index contributed by atoms with van der Waals surface area (Å²) in [5.74, 6) is 0.127. The highest BCUT2D eigenvalue weighted by molar-refractivity contribution is 5.91. The average molecular weight is 280 g/mol. The number of hydrogen-bond donors (Lipinski definition) is 2. The second-order valence-corrected chi connectivity index (χ2v) is 5.28. The number of carbonyl (C=O) groups excluding carboxylic acids is 1. The maximum atomic E-state index is 13.3. The molecule has 1 saturated heterocycles. The zero-order valence-electron chi connectivity index (χ0n) is 11.9. The molecule has 1 heterocycles. The molecule has 1 amide bonds. The first-order valence-electron chi connectivity index (χ1n) is 6.97. The van der Waals surface area contributed by atoms with Crippen LogP contribution in [0.5, 0.6) is 5.75 Å². The summed E-state index contributed by atoms with van der Waals surface area (Å²) in [6.07, 6.45) is 2.74. The number of amides is 1. The van der Waals surface area contributed by atoms with Crippen LogP contribution in [-0.4, -0.2) is 25.6 Å². The third-order valence-electron chi connectivity index (χ3n) is 3.77. The van der Waals surface area contributed by atoms with Gasteiger partial charge in [0.05, 0.1) is 7.11 Å². The number of ether oxygens (including phenoxy) is 1. The molecule has 0 saturated carbocycles. The number of hydrogen-bond acceptors (Lipinski definition) is 3. The predicted molar refractivity (Wildman–Crippen MR) is 76.4 cm³/mol. The van der Waals surface area contributed by atoms with E-state index in [0.717, 1.165) is 19.4 Å². The third-order valence-corrected chi connectivity index (χ3v) is 3.77. The Labute approximate surface area is 118 Å². The quantitative estimate of drug-likeness (QED) is 0.891. The fraction of sp³-hybridized carbons (Fsp3) is 0.533. The molecule has 5 heteroatoms. The summed E-state index contributed by atoms with van der Waals surface area (Å²) < 4.78 is 18.2. The van der Waals surface area contributed by atoms with Gasteiger partial charge in [-0.05, 0) is 37.4 Å². The van der Waals surface area contributed by atoms with Crippen LogP contribution in [0.1, 0.15) is 26.2 Å². The smallest absolute Gasteiger partial charge is 0.225 e. The number of anilines is 1. The van der Waals surface area contributed by atoms with Gasteiger partial charge in [-0.3, -0.25) is 4.79 Å². The summed E-state index contributed by atoms with van der Waals surface area (Å²) in [5, 5.41) is 6.16. The number of methoxy groups -OCH3 is 1. The van der Waals surface area contributed by atoms with Crippen molar-refractivity contribution in [1.29, 1.82) is 0 Å². The van der Waals surface area contributed by atoms with Crippen LogP contribution < -0.4 is 15.4 Å². The van der Waals surface area contributed by atoms with Gasteiger partial charge in [0.2, 0.25) is 5.91 Å². The summed E-state index contributed by atoms with van der Waals surface area (Å²) in [6, 6.07) is 4.53. The first-order chi connectivity index (χ1) is 9.60. The molecule has 4 nitrogen and oxygen atoms in total. The monoisotopic (exact) mass is 280 g/mol. The molecule has 0 aliphatic carbocycles. The van der Waals surface area contributed by atoms with Crippen molar-refractivity contribution >= 4 is 11.6 Å². The fourth-order valence-electron chi connectivity index (χ4n) is 2.54. The number of halogens is 1. The van der Waals surface area contributed by atoms with Gasteiger partial charge in [0.25, 0.3) is 0 Å². The third kappa shape index (κ3) is 3.70. The van der Waals surface area contributed by atoms with E-state index in [9.17, 15) is 9.18 Å². The maximum absolute atomic E-state index is 13.3. The molecule has 1 aliphatic heterocycles. The largest absolute Gasteiger partial charge is 0.494 e. The number of nitrogens with one attached hydrogen (secondary N) is 2. The molecular weight excluding hydrogens is 259 g/mol. The minimum absolute atomic E-state index is 0.0649. The van der Waals surface area contributed by atoms with Crippen LogP contribution in [0.2, 0.25) is 0 Å². The van der Waals surface area contributed by atoms with Crippen LogP contribution in [0.25, 0.3) is 0 Å². The molecule has 1 aliphatic rings. The Kier molecular flexibility index (Phi) is 4.95. The highest BCUT2D eigenvalue weighted by atomic mass is 19.1. The van der Waals surface area contributed by atoms with E-state index < -0.39 is 5.82 Å². The summed E-state index contributed by atoms with van der Waals surface area (Å²) in [5.41, 5.74) is 0.553. The second kappa shape index (κ2) is 6.70. The van der Waals surface area contributed by atoms with E-state index in [1.807, 2.05) is 0 Å². The van der Waals surface area contributed by atoms with Gasteiger partial charge in [0.15, 0.2) is 11.6 Å². The van der Waals surface area contributed by atoms with E-state index in [2.05, 4.69) is 17.6 Å². The fourth-order valence-corrected chi connectivity index (χ4v) is 2.54. The van der Waals surface area contributed by atoms with E-state index in [4.69, 9.17) is 4.74 Å². The lowest BCUT2D eigenvalue weighted by atomic mass is 9.90. The SMILES string of the molecule is COc1cc(NC(=O)CC2NCCCC2C)ccc1F. The van der Waals surface area contributed by atoms with Gasteiger partial charge in [0, 0.05) is 24.2 Å². The molecular formula is C15H21FN2O2. The van der Waals surface area contributed by atoms with E-state index in [-0.39, 0.29) is 17.7 Å². The minimum atomic E-state index is -0.437. The lowest BCUT2D eigenvalue weighted by Gasteiger charge is -2.29. The van der Waals surface area contributed by atoms with Crippen molar-refractivity contribution in [2.45, 2.75) is 32.2 Å². The molecule has 0 bridgehead atoms. The van der Waals surface area contributed by atoms with Gasteiger partial charge in [-0.15, -0.1) is 0 Å². The number of rotatable bonds is 4. The Morgan fingerprint density at radius 1 is 1.55 bits per heavy atom. The van der Waals surface area contributed by atoms with Crippen molar-refractivity contribution in [3.05, 3.63) is 24.0 Å². The van der Waals surface area contributed by atoms with E-state index in [1.165, 1.54) is 25.3 Å². The molecule has 2 unspecified atom stereocenters. The van der Waals surface area contributed by atoms with Crippen molar-refractivity contribution in [2.75, 3.05) is 19.0 Å². The highest BCUT2D eigenvalue weighted by Gasteiger charge is 2.23. The van der Waals surface area contributed by atoms with Crippen molar-refractivity contribution in [2.24, 2.45) is 5.92 Å². The first-order valence-corrected chi connectivity index (χ1v) is 6.97. The highest BCUT2D eigenvalue weighted by Crippen LogP contribution is 2.22. The number of piperidine rings is 1. The summed E-state index contributed by atoms with van der Waals surface area (Å²) in [6.45, 7) is 3.12. The summed E-state index contributed by atoms with van der Waals surface area (Å²) >= 11 is 0. The maximum Gasteiger partial charge on any atom is 0.225 e. The lowest BCUT2D eigenvalue weighted by Crippen LogP contribution is -2.42. The summed E-state index contributed by atoms with van der Waals surface area (Å²) in [4.78, 5) is 12.0. The van der Waals surface area contributed by atoms with Gasteiger partial charge < -0.3 is 15.4 Å². The molecule has 2 N–H and O–H groups in total. The Bertz CT molecular complexity index is 479. The van der Waals surface area contributed by atoms with Crippen molar-refractivity contribution in [1.82, 2.24) is 5.32 Å². The minimum Gasteiger partial charge on any atom is -0.494 e. The number of benzene rings is 1. The van der Waals surface area contributed by atoms with Crippen molar-refractivity contribution in [3.8, 4) is 5.75 Å². The molecule has 0 radical (unpaired) electrons. The first kappa shape index (κ1) is 14.8. The zero-order valence-corrected chi connectivity index (χ0v) is 11.9. The average Bonchev–Trinajstić information content (AvgIpc) is 2.43. The van der Waals surface area contributed by atoms with E-state index in [0.29, 0.717) is 18.0 Å². The molecule has 1 aromatic rings. The van der Waals surface area contributed by atoms with Crippen molar-refractivity contribution in [3.63, 3.8) is 0 Å². The summed E-state index contributed by atoms with van der Waals surface area (Å²) in [7, 11) is 1.40. The van der Waals surface area contributed by atoms with Crippen LogP contribution in [0, 0.1) is 11.7 Å². The van der Waals surface area contributed by atoms with Crippen LogP contribution in [0.4, 0.5) is 10.1 Å². The van der Waals surface area contributed by atoms with Gasteiger partial charge in [-0.1, -0.05) is 6.92 Å². The Morgan fingerprint density at radius 2 is 2.35 bits per heavy atom. The molecule has 2 rings (SSSR count). The molecule has 0 aromatic heterocycles. The van der Waals surface area contributed by atoms with Gasteiger partial charge in [-0.2, -0.15) is 0 Å². The Morgan fingerprint density at radius 3 is 3.05 bits per heavy atom. The zero-order chi connectivity index (χ0) is 14.5. The molecule has 2 atom stereocenters.